The third-order valence-corrected chi connectivity index (χ3v) is 5.53. The van der Waals surface area contributed by atoms with Crippen LogP contribution in [0.1, 0.15) is 25.3 Å². The largest absolute Gasteiger partial charge is 0.479 e. The van der Waals surface area contributed by atoms with Crippen molar-refractivity contribution in [1.82, 2.24) is 0 Å². The van der Waals surface area contributed by atoms with E-state index in [-0.39, 0.29) is 5.97 Å². The molecule has 0 amide bonds. The summed E-state index contributed by atoms with van der Waals surface area (Å²) in [6, 6.07) is 21.6. The molecule has 1 unspecified atom stereocenters. The Hall–Kier alpha value is -2.56. The number of hydrogen-bond acceptors (Lipinski definition) is 4. The van der Waals surface area contributed by atoms with E-state index in [0.717, 1.165) is 20.3 Å². The number of carbonyl (C=O) groups excluding carboxylic acids is 1. The van der Waals surface area contributed by atoms with Gasteiger partial charge in [-0.25, -0.2) is 4.79 Å². The summed E-state index contributed by atoms with van der Waals surface area (Å²) in [6.45, 7) is 2.13. The van der Waals surface area contributed by atoms with Gasteiger partial charge in [0.2, 0.25) is 0 Å². The first kappa shape index (κ1) is 21.2. The summed E-state index contributed by atoms with van der Waals surface area (Å²) in [6.07, 6.45) is 4.71. The van der Waals surface area contributed by atoms with Crippen molar-refractivity contribution < 1.29 is 14.3 Å². The third-order valence-electron chi connectivity index (χ3n) is 4.25. The second kappa shape index (κ2) is 10.8. The summed E-state index contributed by atoms with van der Waals surface area (Å²) in [5.74, 6) is 0.302. The molecular formula is C24H23ClO3S. The number of carbonyl (C=O) groups is 1. The SMILES string of the molecule is CCOC(=O)C(CC/C=C/c1ccccc1)Oc1ccc(-c2ccc(Cl)s2)cc1. The molecule has 3 rings (SSSR count). The van der Waals surface area contributed by atoms with E-state index in [1.807, 2.05) is 72.8 Å². The minimum atomic E-state index is -0.641. The first-order chi connectivity index (χ1) is 14.2. The van der Waals surface area contributed by atoms with Gasteiger partial charge in [0.25, 0.3) is 0 Å². The van der Waals surface area contributed by atoms with Crippen LogP contribution in [0.5, 0.6) is 5.75 Å². The van der Waals surface area contributed by atoms with Crippen LogP contribution in [0.2, 0.25) is 4.34 Å². The van der Waals surface area contributed by atoms with Gasteiger partial charge in [-0.3, -0.25) is 0 Å². The van der Waals surface area contributed by atoms with Gasteiger partial charge in [0.05, 0.1) is 10.9 Å². The van der Waals surface area contributed by atoms with Crippen molar-refractivity contribution in [2.45, 2.75) is 25.9 Å². The number of thiophene rings is 1. The van der Waals surface area contributed by atoms with Crippen molar-refractivity contribution in [3.05, 3.63) is 82.7 Å². The Morgan fingerprint density at radius 1 is 1.07 bits per heavy atom. The van der Waals surface area contributed by atoms with Crippen LogP contribution in [0.25, 0.3) is 16.5 Å². The van der Waals surface area contributed by atoms with Gasteiger partial charge in [-0.05, 0) is 67.3 Å². The molecule has 0 fully saturated rings. The summed E-state index contributed by atoms with van der Waals surface area (Å²) in [5, 5.41) is 0. The smallest absolute Gasteiger partial charge is 0.347 e. The maximum Gasteiger partial charge on any atom is 0.347 e. The van der Waals surface area contributed by atoms with E-state index in [0.29, 0.717) is 25.2 Å². The number of halogens is 1. The number of allylic oxidation sites excluding steroid dienone is 1. The molecule has 0 aliphatic heterocycles. The highest BCUT2D eigenvalue weighted by Gasteiger charge is 2.21. The number of rotatable bonds is 9. The summed E-state index contributed by atoms with van der Waals surface area (Å²) >= 11 is 7.54. The van der Waals surface area contributed by atoms with Crippen LogP contribution < -0.4 is 4.74 Å². The standard InChI is InChI=1S/C24H23ClO3S/c1-2-27-24(26)21(11-7-6-10-18-8-4-3-5-9-18)28-20-14-12-19(13-15-20)22-16-17-23(25)29-22/h3-6,8-10,12-17,21H,2,7,11H2,1H3/b10-6+. The molecule has 3 nitrogen and oxygen atoms in total. The Labute approximate surface area is 180 Å². The number of esters is 1. The predicted molar refractivity (Wildman–Crippen MR) is 121 cm³/mol. The van der Waals surface area contributed by atoms with Gasteiger partial charge in [0, 0.05) is 4.88 Å². The fourth-order valence-electron chi connectivity index (χ4n) is 2.82. The summed E-state index contributed by atoms with van der Waals surface area (Å²) in [5.41, 5.74) is 2.19. The van der Waals surface area contributed by atoms with Gasteiger partial charge >= 0.3 is 5.97 Å². The van der Waals surface area contributed by atoms with E-state index in [1.54, 1.807) is 6.92 Å². The van der Waals surface area contributed by atoms with Gasteiger partial charge in [-0.15, -0.1) is 11.3 Å². The molecule has 0 saturated carbocycles. The summed E-state index contributed by atoms with van der Waals surface area (Å²) in [4.78, 5) is 13.4. The van der Waals surface area contributed by atoms with E-state index in [2.05, 4.69) is 6.08 Å². The lowest BCUT2D eigenvalue weighted by atomic mass is 10.1. The van der Waals surface area contributed by atoms with Crippen molar-refractivity contribution in [2.75, 3.05) is 6.61 Å². The molecule has 0 aliphatic carbocycles. The molecule has 29 heavy (non-hydrogen) atoms. The van der Waals surface area contributed by atoms with Gasteiger partial charge in [-0.2, -0.15) is 0 Å². The maximum atomic E-state index is 12.3. The van der Waals surface area contributed by atoms with Crippen LogP contribution in [-0.2, 0) is 9.53 Å². The molecule has 0 aliphatic rings. The predicted octanol–water partition coefficient (Wildman–Crippen LogP) is 6.87. The van der Waals surface area contributed by atoms with Crippen molar-refractivity contribution >= 4 is 35.0 Å². The van der Waals surface area contributed by atoms with Crippen molar-refractivity contribution in [3.8, 4) is 16.2 Å². The lowest BCUT2D eigenvalue weighted by molar-refractivity contribution is -0.151. The Balaban J connectivity index is 1.62. The minimum absolute atomic E-state index is 0.330. The van der Waals surface area contributed by atoms with Gasteiger partial charge in [0.15, 0.2) is 6.10 Å². The molecule has 1 heterocycles. The van der Waals surface area contributed by atoms with E-state index in [4.69, 9.17) is 21.1 Å². The van der Waals surface area contributed by atoms with E-state index < -0.39 is 6.10 Å². The molecule has 0 spiro atoms. The lowest BCUT2D eigenvalue weighted by Crippen LogP contribution is -2.29. The second-order valence-corrected chi connectivity index (χ2v) is 8.09. The second-order valence-electron chi connectivity index (χ2n) is 6.38. The van der Waals surface area contributed by atoms with Gasteiger partial charge < -0.3 is 9.47 Å². The van der Waals surface area contributed by atoms with Gasteiger partial charge in [-0.1, -0.05) is 54.1 Å². The van der Waals surface area contributed by atoms with E-state index >= 15 is 0 Å². The monoisotopic (exact) mass is 426 g/mol. The third kappa shape index (κ3) is 6.48. The molecule has 0 bridgehead atoms. The number of ether oxygens (including phenoxy) is 2. The maximum absolute atomic E-state index is 12.3. The van der Waals surface area contributed by atoms with Crippen LogP contribution in [0.4, 0.5) is 0 Å². The molecule has 0 saturated heterocycles. The molecule has 0 N–H and O–H groups in total. The fraction of sp³-hybridized carbons (Fsp3) is 0.208. The molecular weight excluding hydrogens is 404 g/mol. The highest BCUT2D eigenvalue weighted by atomic mass is 35.5. The zero-order valence-electron chi connectivity index (χ0n) is 16.2. The minimum Gasteiger partial charge on any atom is -0.479 e. The number of hydrogen-bond donors (Lipinski definition) is 0. The topological polar surface area (TPSA) is 35.5 Å². The van der Waals surface area contributed by atoms with Crippen molar-refractivity contribution in [2.24, 2.45) is 0 Å². The first-order valence-corrected chi connectivity index (χ1v) is 10.8. The Morgan fingerprint density at radius 2 is 1.83 bits per heavy atom. The molecule has 1 aromatic heterocycles. The number of benzene rings is 2. The summed E-state index contributed by atoms with van der Waals surface area (Å²) in [7, 11) is 0. The zero-order chi connectivity index (χ0) is 20.5. The molecule has 1 atom stereocenters. The van der Waals surface area contributed by atoms with Crippen LogP contribution in [0.15, 0.2) is 72.8 Å². The highest BCUT2D eigenvalue weighted by molar-refractivity contribution is 7.19. The first-order valence-electron chi connectivity index (χ1n) is 9.56. The van der Waals surface area contributed by atoms with E-state index in [1.165, 1.54) is 11.3 Å². The Bertz CT molecular complexity index is 932. The van der Waals surface area contributed by atoms with Crippen molar-refractivity contribution in [1.29, 1.82) is 0 Å². The van der Waals surface area contributed by atoms with Crippen LogP contribution in [0, 0.1) is 0 Å². The Kier molecular flexibility index (Phi) is 7.91. The molecule has 0 radical (unpaired) electrons. The fourth-order valence-corrected chi connectivity index (χ4v) is 3.87. The van der Waals surface area contributed by atoms with Crippen LogP contribution in [-0.4, -0.2) is 18.7 Å². The molecule has 3 aromatic rings. The van der Waals surface area contributed by atoms with Crippen molar-refractivity contribution in [3.63, 3.8) is 0 Å². The zero-order valence-corrected chi connectivity index (χ0v) is 17.8. The Morgan fingerprint density at radius 3 is 2.48 bits per heavy atom. The van der Waals surface area contributed by atoms with Gasteiger partial charge in [0.1, 0.15) is 5.75 Å². The molecule has 2 aromatic carbocycles. The van der Waals surface area contributed by atoms with Crippen LogP contribution in [0.3, 0.4) is 0 Å². The highest BCUT2D eigenvalue weighted by Crippen LogP contribution is 2.32. The average molecular weight is 427 g/mol. The lowest BCUT2D eigenvalue weighted by Gasteiger charge is -2.17. The van der Waals surface area contributed by atoms with Crippen LogP contribution >= 0.6 is 22.9 Å². The van der Waals surface area contributed by atoms with E-state index in [9.17, 15) is 4.79 Å². The quantitative estimate of drug-likeness (QED) is 0.350. The summed E-state index contributed by atoms with van der Waals surface area (Å²) < 4.78 is 11.9. The molecule has 150 valence electrons. The molecule has 5 heteroatoms. The average Bonchev–Trinajstić information content (AvgIpc) is 3.18. The normalized spacial score (nSPS) is 12.1.